The minimum atomic E-state index is -0.241. The summed E-state index contributed by atoms with van der Waals surface area (Å²) in [7, 11) is 0. The summed E-state index contributed by atoms with van der Waals surface area (Å²) in [6, 6.07) is 0. The number of carbonyl (C=O) groups excluding carboxylic acids is 4. The summed E-state index contributed by atoms with van der Waals surface area (Å²) >= 11 is 0. The standard InChI is InChI=1S/C20H32O6/c1-15(21)8-3-5-12-19(23)25-17-10-7-11-18(14-17)26-20(24)13-6-4-9-16(2)22/h17-18H,3-14H2,1-2H3. The first kappa shape index (κ1) is 22.3. The third-order valence-electron chi connectivity index (χ3n) is 4.49. The molecule has 0 saturated heterocycles. The summed E-state index contributed by atoms with van der Waals surface area (Å²) in [5, 5.41) is 0. The topological polar surface area (TPSA) is 86.7 Å². The van der Waals surface area contributed by atoms with Gasteiger partial charge in [0.2, 0.25) is 0 Å². The Morgan fingerprint density at radius 3 is 1.46 bits per heavy atom. The van der Waals surface area contributed by atoms with Gasteiger partial charge in [0.15, 0.2) is 0 Å². The predicted molar refractivity (Wildman–Crippen MR) is 96.5 cm³/mol. The molecule has 1 aliphatic carbocycles. The Kier molecular flexibility index (Phi) is 10.8. The van der Waals surface area contributed by atoms with Crippen LogP contribution in [0, 0.1) is 0 Å². The lowest BCUT2D eigenvalue weighted by molar-refractivity contribution is -0.159. The van der Waals surface area contributed by atoms with Crippen molar-refractivity contribution in [2.75, 3.05) is 0 Å². The maximum Gasteiger partial charge on any atom is 0.306 e. The van der Waals surface area contributed by atoms with Gasteiger partial charge < -0.3 is 19.1 Å². The van der Waals surface area contributed by atoms with Crippen LogP contribution in [0.5, 0.6) is 0 Å². The Bertz CT molecular complexity index is 443. The van der Waals surface area contributed by atoms with Crippen molar-refractivity contribution in [2.24, 2.45) is 0 Å². The van der Waals surface area contributed by atoms with Gasteiger partial charge in [-0.05, 0) is 58.8 Å². The van der Waals surface area contributed by atoms with Crippen LogP contribution in [0.2, 0.25) is 0 Å². The maximum absolute atomic E-state index is 11.9. The first-order valence-corrected chi connectivity index (χ1v) is 9.74. The fraction of sp³-hybridized carbons (Fsp3) is 0.800. The molecule has 26 heavy (non-hydrogen) atoms. The smallest absolute Gasteiger partial charge is 0.306 e. The summed E-state index contributed by atoms with van der Waals surface area (Å²) in [5.74, 6) is -0.210. The normalized spacial score (nSPS) is 19.6. The minimum absolute atomic E-state index is 0.136. The van der Waals surface area contributed by atoms with Gasteiger partial charge in [-0.1, -0.05) is 0 Å². The van der Waals surface area contributed by atoms with Crippen LogP contribution in [-0.4, -0.2) is 35.7 Å². The zero-order valence-corrected chi connectivity index (χ0v) is 16.1. The van der Waals surface area contributed by atoms with E-state index in [1.807, 2.05) is 0 Å². The molecule has 1 fully saturated rings. The van der Waals surface area contributed by atoms with E-state index in [0.717, 1.165) is 19.3 Å². The Labute approximate surface area is 156 Å². The molecule has 0 radical (unpaired) electrons. The number of Topliss-reactive ketones (excluding diaryl/α,β-unsaturated/α-hetero) is 2. The third kappa shape index (κ3) is 11.0. The Morgan fingerprint density at radius 2 is 1.08 bits per heavy atom. The van der Waals surface area contributed by atoms with Crippen molar-refractivity contribution in [3.8, 4) is 0 Å². The monoisotopic (exact) mass is 368 g/mol. The fourth-order valence-corrected chi connectivity index (χ4v) is 3.09. The van der Waals surface area contributed by atoms with E-state index < -0.39 is 0 Å². The first-order chi connectivity index (χ1) is 12.4. The lowest BCUT2D eigenvalue weighted by Crippen LogP contribution is -2.31. The molecule has 148 valence electrons. The molecule has 0 aromatic carbocycles. The highest BCUT2D eigenvalue weighted by Gasteiger charge is 2.27. The number of hydrogen-bond donors (Lipinski definition) is 0. The van der Waals surface area contributed by atoms with E-state index in [1.54, 1.807) is 13.8 Å². The van der Waals surface area contributed by atoms with Gasteiger partial charge in [0.1, 0.15) is 23.8 Å². The largest absolute Gasteiger partial charge is 0.462 e. The quantitative estimate of drug-likeness (QED) is 0.386. The van der Waals surface area contributed by atoms with E-state index in [1.165, 1.54) is 0 Å². The number of hydrogen-bond acceptors (Lipinski definition) is 6. The Hall–Kier alpha value is -1.72. The molecule has 6 heteroatoms. The summed E-state index contributed by atoms with van der Waals surface area (Å²) in [6.45, 7) is 3.09. The van der Waals surface area contributed by atoms with Gasteiger partial charge in [-0.2, -0.15) is 0 Å². The van der Waals surface area contributed by atoms with Crippen molar-refractivity contribution in [1.29, 1.82) is 0 Å². The van der Waals surface area contributed by atoms with Crippen LogP contribution < -0.4 is 0 Å². The van der Waals surface area contributed by atoms with Crippen LogP contribution in [0.15, 0.2) is 0 Å². The number of ether oxygens (including phenoxy) is 2. The van der Waals surface area contributed by atoms with Gasteiger partial charge in [0, 0.05) is 32.1 Å². The predicted octanol–water partition coefficient (Wildman–Crippen LogP) is 3.68. The van der Waals surface area contributed by atoms with Gasteiger partial charge >= 0.3 is 11.9 Å². The molecule has 0 spiro atoms. The molecule has 0 aromatic heterocycles. The molecule has 0 aliphatic heterocycles. The number of carbonyl (C=O) groups is 4. The average Bonchev–Trinajstić information content (AvgIpc) is 2.55. The van der Waals surface area contributed by atoms with Crippen LogP contribution in [0.3, 0.4) is 0 Å². The number of rotatable bonds is 12. The molecular formula is C20H32O6. The van der Waals surface area contributed by atoms with Crippen LogP contribution >= 0.6 is 0 Å². The van der Waals surface area contributed by atoms with E-state index in [0.29, 0.717) is 57.8 Å². The molecule has 0 aromatic rings. The minimum Gasteiger partial charge on any atom is -0.462 e. The van der Waals surface area contributed by atoms with E-state index in [2.05, 4.69) is 0 Å². The van der Waals surface area contributed by atoms with Gasteiger partial charge in [-0.3, -0.25) is 9.59 Å². The second-order valence-corrected chi connectivity index (χ2v) is 7.21. The van der Waals surface area contributed by atoms with Crippen molar-refractivity contribution in [1.82, 2.24) is 0 Å². The van der Waals surface area contributed by atoms with Crippen LogP contribution in [0.4, 0.5) is 0 Å². The number of unbranched alkanes of at least 4 members (excludes halogenated alkanes) is 2. The lowest BCUT2D eigenvalue weighted by Gasteiger charge is -2.28. The molecule has 2 atom stereocenters. The summed E-state index contributed by atoms with van der Waals surface area (Å²) in [5.41, 5.74) is 0. The highest BCUT2D eigenvalue weighted by Crippen LogP contribution is 2.24. The summed E-state index contributed by atoms with van der Waals surface area (Å²) in [4.78, 5) is 45.5. The Morgan fingerprint density at radius 1 is 0.692 bits per heavy atom. The molecule has 1 aliphatic rings. The highest BCUT2D eigenvalue weighted by molar-refractivity contribution is 5.76. The molecule has 0 bridgehead atoms. The van der Waals surface area contributed by atoms with E-state index >= 15 is 0 Å². The van der Waals surface area contributed by atoms with Crippen molar-refractivity contribution in [3.63, 3.8) is 0 Å². The van der Waals surface area contributed by atoms with Crippen LogP contribution in [0.25, 0.3) is 0 Å². The summed E-state index contributed by atoms with van der Waals surface area (Å²) in [6.07, 6.45) is 7.00. The van der Waals surface area contributed by atoms with Crippen molar-refractivity contribution >= 4 is 23.5 Å². The first-order valence-electron chi connectivity index (χ1n) is 9.74. The second kappa shape index (κ2) is 12.6. The van der Waals surface area contributed by atoms with Crippen LogP contribution in [-0.2, 0) is 28.7 Å². The van der Waals surface area contributed by atoms with Crippen molar-refractivity contribution < 1.29 is 28.7 Å². The molecule has 1 saturated carbocycles. The van der Waals surface area contributed by atoms with E-state index in [-0.39, 0.29) is 35.7 Å². The summed E-state index contributed by atoms with van der Waals surface area (Å²) < 4.78 is 11.0. The van der Waals surface area contributed by atoms with Gasteiger partial charge in [0.05, 0.1) is 0 Å². The molecule has 1 rings (SSSR count). The molecule has 6 nitrogen and oxygen atoms in total. The Balaban J connectivity index is 2.20. The fourth-order valence-electron chi connectivity index (χ4n) is 3.09. The highest BCUT2D eigenvalue weighted by atomic mass is 16.6. The molecule has 0 heterocycles. The molecule has 0 amide bonds. The molecular weight excluding hydrogens is 336 g/mol. The van der Waals surface area contributed by atoms with Gasteiger partial charge in [-0.25, -0.2) is 0 Å². The van der Waals surface area contributed by atoms with Crippen LogP contribution in [0.1, 0.15) is 90.9 Å². The second-order valence-electron chi connectivity index (χ2n) is 7.21. The zero-order valence-electron chi connectivity index (χ0n) is 16.1. The van der Waals surface area contributed by atoms with E-state index in [4.69, 9.17) is 9.47 Å². The van der Waals surface area contributed by atoms with E-state index in [9.17, 15) is 19.2 Å². The SMILES string of the molecule is CC(=O)CCCCC(=O)OC1CCCC(OC(=O)CCCCC(C)=O)C1. The lowest BCUT2D eigenvalue weighted by atomic mass is 9.94. The molecule has 2 unspecified atom stereocenters. The molecule has 0 N–H and O–H groups in total. The van der Waals surface area contributed by atoms with Gasteiger partial charge in [-0.15, -0.1) is 0 Å². The van der Waals surface area contributed by atoms with Crippen molar-refractivity contribution in [3.05, 3.63) is 0 Å². The maximum atomic E-state index is 11.9. The third-order valence-corrected chi connectivity index (χ3v) is 4.49. The zero-order chi connectivity index (χ0) is 19.4. The number of ketones is 2. The van der Waals surface area contributed by atoms with Gasteiger partial charge in [0.25, 0.3) is 0 Å². The number of esters is 2. The van der Waals surface area contributed by atoms with Crippen molar-refractivity contribution in [2.45, 2.75) is 103 Å². The average molecular weight is 368 g/mol.